The van der Waals surface area contributed by atoms with Gasteiger partial charge in [-0.3, -0.25) is 0 Å². The monoisotopic (exact) mass is 541 g/mol. The quantitative estimate of drug-likeness (QED) is 0.300. The number of aryl methyl sites for hydroxylation is 1. The Labute approximate surface area is 231 Å². The van der Waals surface area contributed by atoms with Crippen molar-refractivity contribution in [2.75, 3.05) is 13.1 Å². The number of hydrogen-bond acceptors (Lipinski definition) is 8. The molecule has 0 atom stereocenters. The Hall–Kier alpha value is -3.36. The van der Waals surface area contributed by atoms with Crippen LogP contribution in [0.1, 0.15) is 95.5 Å². The maximum Gasteiger partial charge on any atom is 0.410 e. The third kappa shape index (κ3) is 10.0. The molecule has 1 aliphatic rings. The Balaban J connectivity index is 1.56. The lowest BCUT2D eigenvalue weighted by molar-refractivity contribution is 0.00556. The molecule has 0 radical (unpaired) electrons. The number of hydrogen-bond donors (Lipinski definition) is 1. The zero-order valence-electron chi connectivity index (χ0n) is 24.2. The molecular weight excluding hydrogens is 498 g/mol. The number of ether oxygens (including phenoxy) is 3. The summed E-state index contributed by atoms with van der Waals surface area (Å²) < 4.78 is 16.8. The average Bonchev–Trinajstić information content (AvgIpc) is 2.84. The Kier molecular flexibility index (Phi) is 10.2. The predicted molar refractivity (Wildman–Crippen MR) is 148 cm³/mol. The van der Waals surface area contributed by atoms with Gasteiger partial charge in [-0.05, 0) is 72.3 Å². The minimum absolute atomic E-state index is 0.0714. The van der Waals surface area contributed by atoms with Crippen LogP contribution in [-0.4, -0.2) is 56.3 Å². The number of aromatic hydroxyl groups is 1. The van der Waals surface area contributed by atoms with Crippen LogP contribution in [0.15, 0.2) is 30.3 Å². The van der Waals surface area contributed by atoms with Gasteiger partial charge >= 0.3 is 12.1 Å². The molecule has 39 heavy (non-hydrogen) atoms. The van der Waals surface area contributed by atoms with Crippen LogP contribution in [0.2, 0.25) is 0 Å². The van der Waals surface area contributed by atoms with E-state index in [9.17, 15) is 14.7 Å². The Bertz CT molecular complexity index is 1100. The van der Waals surface area contributed by atoms with E-state index in [2.05, 4.69) is 9.97 Å². The number of aromatic nitrogens is 2. The van der Waals surface area contributed by atoms with Gasteiger partial charge in [0, 0.05) is 19.5 Å². The normalized spacial score (nSPS) is 14.7. The zero-order valence-corrected chi connectivity index (χ0v) is 24.2. The number of benzene rings is 1. The molecule has 1 aromatic heterocycles. The second kappa shape index (κ2) is 13.1. The largest absolute Gasteiger partial charge is 0.491 e. The van der Waals surface area contributed by atoms with Gasteiger partial charge in [0.2, 0.25) is 5.75 Å². The summed E-state index contributed by atoms with van der Waals surface area (Å²) in [5, 5.41) is 10.7. The summed E-state index contributed by atoms with van der Waals surface area (Å²) in [6.07, 6.45) is 4.97. The number of piperidine rings is 1. The van der Waals surface area contributed by atoms with E-state index in [1.54, 1.807) is 25.7 Å². The van der Waals surface area contributed by atoms with E-state index < -0.39 is 17.2 Å². The molecule has 0 bridgehead atoms. The molecule has 2 aromatic rings. The van der Waals surface area contributed by atoms with Crippen molar-refractivity contribution in [1.82, 2.24) is 14.9 Å². The topological polar surface area (TPSA) is 111 Å². The summed E-state index contributed by atoms with van der Waals surface area (Å²) in [4.78, 5) is 35.7. The van der Waals surface area contributed by atoms with Gasteiger partial charge in [-0.1, -0.05) is 43.2 Å². The second-order valence-electron chi connectivity index (χ2n) is 12.1. The number of carbonyl (C=O) groups excluding carboxylic acids is 2. The van der Waals surface area contributed by atoms with E-state index in [0.717, 1.165) is 37.7 Å². The van der Waals surface area contributed by atoms with E-state index in [4.69, 9.17) is 14.2 Å². The molecule has 0 aliphatic carbocycles. The number of carbonyl (C=O) groups is 2. The fourth-order valence-electron chi connectivity index (χ4n) is 4.37. The summed E-state index contributed by atoms with van der Waals surface area (Å²) in [6, 6.07) is 9.45. The first-order chi connectivity index (χ1) is 18.3. The van der Waals surface area contributed by atoms with Crippen LogP contribution in [0.5, 0.6) is 11.6 Å². The first-order valence-corrected chi connectivity index (χ1v) is 13.8. The van der Waals surface area contributed by atoms with Crippen LogP contribution < -0.4 is 4.74 Å². The summed E-state index contributed by atoms with van der Waals surface area (Å²) in [5.41, 5.74) is -0.404. The van der Waals surface area contributed by atoms with E-state index in [1.807, 2.05) is 51.1 Å². The third-order valence-corrected chi connectivity index (χ3v) is 6.24. The first-order valence-electron chi connectivity index (χ1n) is 13.8. The van der Waals surface area contributed by atoms with Crippen molar-refractivity contribution in [3.63, 3.8) is 0 Å². The van der Waals surface area contributed by atoms with Gasteiger partial charge in [0.25, 0.3) is 5.88 Å². The highest BCUT2D eigenvalue weighted by Gasteiger charge is 2.28. The third-order valence-electron chi connectivity index (χ3n) is 6.24. The highest BCUT2D eigenvalue weighted by molar-refractivity contribution is 5.91. The molecule has 1 N–H and O–H groups in total. The number of likely N-dealkylation sites (tertiary alicyclic amines) is 1. The first kappa shape index (κ1) is 30.2. The van der Waals surface area contributed by atoms with Crippen LogP contribution in [0, 0.1) is 5.92 Å². The second-order valence-corrected chi connectivity index (χ2v) is 12.1. The number of unbranched alkanes of at least 4 members (excludes halogenated alkanes) is 1. The zero-order chi connectivity index (χ0) is 28.6. The molecule has 0 unspecified atom stereocenters. The molecule has 9 nitrogen and oxygen atoms in total. The number of esters is 1. The molecular formula is C30H43N3O6. The lowest BCUT2D eigenvalue weighted by atomic mass is 9.91. The highest BCUT2D eigenvalue weighted by Crippen LogP contribution is 2.30. The maximum absolute atomic E-state index is 12.9. The summed E-state index contributed by atoms with van der Waals surface area (Å²) >= 11 is 0. The van der Waals surface area contributed by atoms with Crippen molar-refractivity contribution in [3.8, 4) is 11.6 Å². The fraction of sp³-hybridized carbons (Fsp3) is 0.600. The minimum Gasteiger partial charge on any atom is -0.491 e. The molecule has 1 amide bonds. The predicted octanol–water partition coefficient (Wildman–Crippen LogP) is 6.08. The van der Waals surface area contributed by atoms with E-state index in [-0.39, 0.29) is 30.0 Å². The van der Waals surface area contributed by atoms with Gasteiger partial charge < -0.3 is 24.2 Å². The Morgan fingerprint density at radius 3 is 2.21 bits per heavy atom. The van der Waals surface area contributed by atoms with Crippen molar-refractivity contribution in [1.29, 1.82) is 0 Å². The van der Waals surface area contributed by atoms with Crippen molar-refractivity contribution in [2.45, 2.75) is 97.9 Å². The molecule has 214 valence electrons. The Morgan fingerprint density at radius 1 is 0.949 bits per heavy atom. The summed E-state index contributed by atoms with van der Waals surface area (Å²) in [6.45, 7) is 12.5. The molecule has 1 saturated heterocycles. The molecule has 2 heterocycles. The van der Waals surface area contributed by atoms with Crippen LogP contribution in [-0.2, 0) is 22.5 Å². The standard InChI is InChI=1S/C30H43N3O6/c1-29(2,3)38-27(35)24-25(37-20-22-13-8-7-9-14-22)26(34)32-23(31-24)15-11-10-12-21-16-18-33(19-17-21)28(36)39-30(4,5)6/h7-9,13-14,21H,10-12,15-20H2,1-6H3,(H,31,32,34). The van der Waals surface area contributed by atoms with Gasteiger partial charge in [0.05, 0.1) is 0 Å². The molecule has 1 fully saturated rings. The van der Waals surface area contributed by atoms with Crippen LogP contribution in [0.4, 0.5) is 4.79 Å². The smallest absolute Gasteiger partial charge is 0.410 e. The fourth-order valence-corrected chi connectivity index (χ4v) is 4.37. The van der Waals surface area contributed by atoms with Crippen LogP contribution in [0.25, 0.3) is 0 Å². The van der Waals surface area contributed by atoms with Gasteiger partial charge in [-0.25, -0.2) is 14.6 Å². The molecule has 1 aromatic carbocycles. The summed E-state index contributed by atoms with van der Waals surface area (Å²) in [5.74, 6) is -0.189. The molecule has 9 heteroatoms. The van der Waals surface area contributed by atoms with Crippen molar-refractivity contribution in [3.05, 3.63) is 47.4 Å². The highest BCUT2D eigenvalue weighted by atomic mass is 16.6. The van der Waals surface area contributed by atoms with E-state index >= 15 is 0 Å². The van der Waals surface area contributed by atoms with Crippen LogP contribution >= 0.6 is 0 Å². The van der Waals surface area contributed by atoms with Gasteiger partial charge in [0.15, 0.2) is 5.69 Å². The van der Waals surface area contributed by atoms with Crippen molar-refractivity contribution >= 4 is 12.1 Å². The van der Waals surface area contributed by atoms with E-state index in [0.29, 0.717) is 31.3 Å². The molecule has 1 aliphatic heterocycles. The average molecular weight is 542 g/mol. The molecule has 0 spiro atoms. The minimum atomic E-state index is -0.729. The van der Waals surface area contributed by atoms with Gasteiger partial charge in [0.1, 0.15) is 23.6 Å². The van der Waals surface area contributed by atoms with Gasteiger partial charge in [-0.2, -0.15) is 4.98 Å². The maximum atomic E-state index is 12.9. The summed E-state index contributed by atoms with van der Waals surface area (Å²) in [7, 11) is 0. The van der Waals surface area contributed by atoms with Gasteiger partial charge in [-0.15, -0.1) is 0 Å². The van der Waals surface area contributed by atoms with Crippen molar-refractivity contribution in [2.24, 2.45) is 5.92 Å². The van der Waals surface area contributed by atoms with Crippen molar-refractivity contribution < 1.29 is 28.9 Å². The SMILES string of the molecule is CC(C)(C)OC(=O)c1nc(CCCCC2CCN(C(=O)OC(C)(C)C)CC2)nc(O)c1OCc1ccccc1. The lowest BCUT2D eigenvalue weighted by Crippen LogP contribution is -2.41. The number of amides is 1. The molecule has 0 saturated carbocycles. The van der Waals surface area contributed by atoms with E-state index in [1.165, 1.54) is 0 Å². The lowest BCUT2D eigenvalue weighted by Gasteiger charge is -2.33. The Morgan fingerprint density at radius 2 is 1.59 bits per heavy atom. The van der Waals surface area contributed by atoms with Crippen LogP contribution in [0.3, 0.4) is 0 Å². The number of nitrogens with zero attached hydrogens (tertiary/aromatic N) is 3. The molecule has 3 rings (SSSR count). The number of rotatable bonds is 9.